The van der Waals surface area contributed by atoms with Crippen LogP contribution < -0.4 is 11.1 Å². The molecule has 3 N–H and O–H groups in total. The van der Waals surface area contributed by atoms with Crippen molar-refractivity contribution in [1.29, 1.82) is 0 Å². The maximum atomic E-state index is 12.3. The minimum atomic E-state index is -0.281. The van der Waals surface area contributed by atoms with E-state index < -0.39 is 0 Å². The summed E-state index contributed by atoms with van der Waals surface area (Å²) in [7, 11) is 1.73. The molecule has 0 atom stereocenters. The molecule has 0 saturated heterocycles. The molecule has 2 rings (SSSR count). The first kappa shape index (κ1) is 12.8. The van der Waals surface area contributed by atoms with Gasteiger partial charge in [0.05, 0.1) is 11.5 Å². The Kier molecular flexibility index (Phi) is 4.05. The van der Waals surface area contributed by atoms with E-state index in [1.165, 1.54) is 6.42 Å². The summed E-state index contributed by atoms with van der Waals surface area (Å²) in [5.41, 5.74) is 5.56. The molecule has 2 saturated carbocycles. The highest BCUT2D eigenvalue weighted by atomic mass is 16.5. The van der Waals surface area contributed by atoms with E-state index in [9.17, 15) is 4.79 Å². The number of carbonyl (C=O) groups excluding carboxylic acids is 1. The van der Waals surface area contributed by atoms with Crippen LogP contribution in [0.2, 0.25) is 0 Å². The van der Waals surface area contributed by atoms with Crippen LogP contribution in [-0.2, 0) is 9.53 Å². The second-order valence-corrected chi connectivity index (χ2v) is 5.54. The predicted octanol–water partition coefficient (Wildman–Crippen LogP) is 1.19. The summed E-state index contributed by atoms with van der Waals surface area (Å²) in [6.07, 6.45) is 7.65. The first-order chi connectivity index (χ1) is 8.20. The molecule has 0 aromatic rings. The largest absolute Gasteiger partial charge is 0.381 e. The molecular formula is C13H24N2O2. The van der Waals surface area contributed by atoms with Crippen molar-refractivity contribution in [2.24, 2.45) is 11.1 Å². The molecule has 2 aliphatic rings. The smallest absolute Gasteiger partial charge is 0.227 e. The van der Waals surface area contributed by atoms with Crippen LogP contribution in [0.4, 0.5) is 0 Å². The predicted molar refractivity (Wildman–Crippen MR) is 66.5 cm³/mol. The van der Waals surface area contributed by atoms with Crippen LogP contribution in [0, 0.1) is 5.41 Å². The third-order valence-corrected chi connectivity index (χ3v) is 4.45. The molecule has 0 aromatic heterocycles. The SMILES string of the molecule is COC1CC(NC(=O)C2(CN)CCCCC2)C1. The van der Waals surface area contributed by atoms with Gasteiger partial charge in [-0.2, -0.15) is 0 Å². The molecule has 0 heterocycles. The topological polar surface area (TPSA) is 64.3 Å². The zero-order valence-electron chi connectivity index (χ0n) is 10.7. The molecule has 2 fully saturated rings. The van der Waals surface area contributed by atoms with Gasteiger partial charge in [-0.05, 0) is 25.7 Å². The van der Waals surface area contributed by atoms with Crippen molar-refractivity contribution in [1.82, 2.24) is 5.32 Å². The highest BCUT2D eigenvalue weighted by Crippen LogP contribution is 2.36. The van der Waals surface area contributed by atoms with Crippen LogP contribution in [-0.4, -0.2) is 31.7 Å². The number of hydrogen-bond acceptors (Lipinski definition) is 3. The fourth-order valence-electron chi connectivity index (χ4n) is 2.97. The standard InChI is InChI=1S/C13H24N2O2/c1-17-11-7-10(8-11)15-12(16)13(9-14)5-3-2-4-6-13/h10-11H,2-9,14H2,1H3,(H,15,16). The average Bonchev–Trinajstić information content (AvgIpc) is 2.33. The number of nitrogens with one attached hydrogen (secondary N) is 1. The Morgan fingerprint density at radius 2 is 2.00 bits per heavy atom. The molecular weight excluding hydrogens is 216 g/mol. The van der Waals surface area contributed by atoms with Crippen molar-refractivity contribution >= 4 is 5.91 Å². The molecule has 0 bridgehead atoms. The number of hydrogen-bond donors (Lipinski definition) is 2. The van der Waals surface area contributed by atoms with Gasteiger partial charge in [0.25, 0.3) is 0 Å². The van der Waals surface area contributed by atoms with E-state index in [0.29, 0.717) is 18.7 Å². The van der Waals surface area contributed by atoms with E-state index >= 15 is 0 Å². The van der Waals surface area contributed by atoms with Gasteiger partial charge in [-0.1, -0.05) is 19.3 Å². The Hall–Kier alpha value is -0.610. The Balaban J connectivity index is 1.85. The molecule has 1 amide bonds. The lowest BCUT2D eigenvalue weighted by Crippen LogP contribution is -2.54. The monoisotopic (exact) mass is 240 g/mol. The zero-order chi connectivity index (χ0) is 12.3. The van der Waals surface area contributed by atoms with Gasteiger partial charge < -0.3 is 15.8 Å². The first-order valence-corrected chi connectivity index (χ1v) is 6.74. The summed E-state index contributed by atoms with van der Waals surface area (Å²) in [6, 6.07) is 0.304. The summed E-state index contributed by atoms with van der Waals surface area (Å²) < 4.78 is 5.22. The lowest BCUT2D eigenvalue weighted by Gasteiger charge is -2.40. The van der Waals surface area contributed by atoms with E-state index in [1.807, 2.05) is 0 Å². The molecule has 0 unspecified atom stereocenters. The summed E-state index contributed by atoms with van der Waals surface area (Å²) in [5, 5.41) is 3.14. The lowest BCUT2D eigenvalue weighted by atomic mass is 9.73. The number of nitrogens with two attached hydrogens (primary N) is 1. The first-order valence-electron chi connectivity index (χ1n) is 6.74. The summed E-state index contributed by atoms with van der Waals surface area (Å²) in [5.74, 6) is 0.180. The summed E-state index contributed by atoms with van der Waals surface area (Å²) in [4.78, 5) is 12.3. The third kappa shape index (κ3) is 2.63. The van der Waals surface area contributed by atoms with Crippen LogP contribution in [0.25, 0.3) is 0 Å². The number of ether oxygens (including phenoxy) is 1. The van der Waals surface area contributed by atoms with Crippen LogP contribution >= 0.6 is 0 Å². The fourth-order valence-corrected chi connectivity index (χ4v) is 2.97. The molecule has 0 aliphatic heterocycles. The normalized spacial score (nSPS) is 31.6. The third-order valence-electron chi connectivity index (χ3n) is 4.45. The molecule has 0 radical (unpaired) electrons. The highest BCUT2D eigenvalue weighted by molar-refractivity contribution is 5.83. The van der Waals surface area contributed by atoms with Crippen molar-refractivity contribution in [2.75, 3.05) is 13.7 Å². The number of methoxy groups -OCH3 is 1. The van der Waals surface area contributed by atoms with Crippen LogP contribution in [0.5, 0.6) is 0 Å². The quantitative estimate of drug-likeness (QED) is 0.776. The Morgan fingerprint density at radius 1 is 1.35 bits per heavy atom. The van der Waals surface area contributed by atoms with Gasteiger partial charge in [0.1, 0.15) is 0 Å². The van der Waals surface area contributed by atoms with Crippen molar-refractivity contribution in [3.63, 3.8) is 0 Å². The zero-order valence-corrected chi connectivity index (χ0v) is 10.7. The Morgan fingerprint density at radius 3 is 2.53 bits per heavy atom. The van der Waals surface area contributed by atoms with E-state index in [1.54, 1.807) is 7.11 Å². The summed E-state index contributed by atoms with van der Waals surface area (Å²) >= 11 is 0. The maximum absolute atomic E-state index is 12.3. The number of amides is 1. The molecule has 17 heavy (non-hydrogen) atoms. The van der Waals surface area contributed by atoms with E-state index in [-0.39, 0.29) is 11.3 Å². The Bertz CT molecular complexity index is 269. The van der Waals surface area contributed by atoms with E-state index in [0.717, 1.165) is 38.5 Å². The molecule has 98 valence electrons. The van der Waals surface area contributed by atoms with Crippen molar-refractivity contribution < 1.29 is 9.53 Å². The van der Waals surface area contributed by atoms with Gasteiger partial charge >= 0.3 is 0 Å². The highest BCUT2D eigenvalue weighted by Gasteiger charge is 2.40. The minimum Gasteiger partial charge on any atom is -0.381 e. The second kappa shape index (κ2) is 5.36. The van der Waals surface area contributed by atoms with Gasteiger partial charge in [-0.15, -0.1) is 0 Å². The van der Waals surface area contributed by atoms with Gasteiger partial charge in [-0.3, -0.25) is 4.79 Å². The molecule has 4 nitrogen and oxygen atoms in total. The van der Waals surface area contributed by atoms with E-state index in [2.05, 4.69) is 5.32 Å². The number of rotatable bonds is 4. The molecule has 4 heteroatoms. The molecule has 2 aliphatic carbocycles. The van der Waals surface area contributed by atoms with Crippen LogP contribution in [0.15, 0.2) is 0 Å². The fraction of sp³-hybridized carbons (Fsp3) is 0.923. The van der Waals surface area contributed by atoms with Gasteiger partial charge in [0.15, 0.2) is 0 Å². The van der Waals surface area contributed by atoms with Crippen LogP contribution in [0.1, 0.15) is 44.9 Å². The van der Waals surface area contributed by atoms with Gasteiger partial charge in [0.2, 0.25) is 5.91 Å². The molecule has 0 aromatic carbocycles. The van der Waals surface area contributed by atoms with Crippen LogP contribution in [0.3, 0.4) is 0 Å². The lowest BCUT2D eigenvalue weighted by molar-refractivity contribution is -0.134. The van der Waals surface area contributed by atoms with Crippen molar-refractivity contribution in [3.05, 3.63) is 0 Å². The van der Waals surface area contributed by atoms with Gasteiger partial charge in [0, 0.05) is 19.7 Å². The van der Waals surface area contributed by atoms with Crippen molar-refractivity contribution in [2.45, 2.75) is 57.1 Å². The Labute approximate surface area is 103 Å². The number of carbonyl (C=O) groups is 1. The second-order valence-electron chi connectivity index (χ2n) is 5.54. The van der Waals surface area contributed by atoms with E-state index in [4.69, 9.17) is 10.5 Å². The summed E-state index contributed by atoms with van der Waals surface area (Å²) in [6.45, 7) is 0.485. The molecule has 0 spiro atoms. The average molecular weight is 240 g/mol. The van der Waals surface area contributed by atoms with Gasteiger partial charge in [-0.25, -0.2) is 0 Å². The minimum absolute atomic E-state index is 0.180. The maximum Gasteiger partial charge on any atom is 0.227 e. The van der Waals surface area contributed by atoms with Crippen molar-refractivity contribution in [3.8, 4) is 0 Å².